The van der Waals surface area contributed by atoms with Crippen molar-refractivity contribution in [3.05, 3.63) is 33.7 Å². The molecule has 0 amide bonds. The highest BCUT2D eigenvalue weighted by atomic mass is 79.9. The Hall–Kier alpha value is -1.40. The Morgan fingerprint density at radius 1 is 1.35 bits per heavy atom. The SMILES string of the molecule is COc1ncc(-n2nc(Br)c3c2CCOCC3)cc1C. The van der Waals surface area contributed by atoms with E-state index in [-0.39, 0.29) is 0 Å². The Balaban J connectivity index is 2.08. The highest BCUT2D eigenvalue weighted by molar-refractivity contribution is 9.10. The van der Waals surface area contributed by atoms with Gasteiger partial charge in [-0.25, -0.2) is 9.67 Å². The van der Waals surface area contributed by atoms with Gasteiger partial charge in [0.25, 0.3) is 0 Å². The Morgan fingerprint density at radius 2 is 2.15 bits per heavy atom. The summed E-state index contributed by atoms with van der Waals surface area (Å²) in [5.41, 5.74) is 4.37. The Bertz CT molecular complexity index is 640. The van der Waals surface area contributed by atoms with Gasteiger partial charge in [-0.05, 0) is 28.9 Å². The molecule has 3 heterocycles. The lowest BCUT2D eigenvalue weighted by Gasteiger charge is -2.09. The molecule has 5 nitrogen and oxygen atoms in total. The number of aromatic nitrogens is 3. The van der Waals surface area contributed by atoms with E-state index in [1.165, 1.54) is 11.3 Å². The van der Waals surface area contributed by atoms with Crippen LogP contribution in [0.5, 0.6) is 5.88 Å². The minimum atomic E-state index is 0.648. The van der Waals surface area contributed by atoms with Crippen LogP contribution in [0.15, 0.2) is 16.9 Å². The van der Waals surface area contributed by atoms with Crippen molar-refractivity contribution in [3.8, 4) is 11.6 Å². The molecule has 0 unspecified atom stereocenters. The van der Waals surface area contributed by atoms with E-state index in [0.717, 1.165) is 41.9 Å². The van der Waals surface area contributed by atoms with Gasteiger partial charge in [0.1, 0.15) is 4.60 Å². The van der Waals surface area contributed by atoms with Crippen LogP contribution in [-0.2, 0) is 17.6 Å². The third-order valence-corrected chi connectivity index (χ3v) is 4.11. The molecule has 1 aliphatic heterocycles. The Labute approximate surface area is 126 Å². The van der Waals surface area contributed by atoms with Gasteiger partial charge in [-0.2, -0.15) is 5.10 Å². The van der Waals surface area contributed by atoms with Crippen molar-refractivity contribution in [2.24, 2.45) is 0 Å². The fourth-order valence-electron chi connectivity index (χ4n) is 2.50. The van der Waals surface area contributed by atoms with Gasteiger partial charge in [0, 0.05) is 24.0 Å². The first kappa shape index (κ1) is 13.6. The van der Waals surface area contributed by atoms with E-state index >= 15 is 0 Å². The molecule has 106 valence electrons. The molecule has 1 aliphatic rings. The number of pyridine rings is 1. The van der Waals surface area contributed by atoms with Gasteiger partial charge in [0.2, 0.25) is 5.88 Å². The Morgan fingerprint density at radius 3 is 2.90 bits per heavy atom. The van der Waals surface area contributed by atoms with Gasteiger partial charge in [-0.3, -0.25) is 0 Å². The molecule has 0 saturated carbocycles. The number of halogens is 1. The first-order valence-corrected chi connectivity index (χ1v) is 7.35. The van der Waals surface area contributed by atoms with Crippen molar-refractivity contribution >= 4 is 15.9 Å². The average Bonchev–Trinajstić information content (AvgIpc) is 2.64. The van der Waals surface area contributed by atoms with Crippen molar-refractivity contribution in [3.63, 3.8) is 0 Å². The largest absolute Gasteiger partial charge is 0.481 e. The number of ether oxygens (including phenoxy) is 2. The second-order valence-corrected chi connectivity index (χ2v) is 5.51. The molecule has 0 fully saturated rings. The fourth-order valence-corrected chi connectivity index (χ4v) is 3.08. The topological polar surface area (TPSA) is 49.2 Å². The van der Waals surface area contributed by atoms with Gasteiger partial charge < -0.3 is 9.47 Å². The van der Waals surface area contributed by atoms with Crippen LogP contribution in [0.4, 0.5) is 0 Å². The van der Waals surface area contributed by atoms with Crippen molar-refractivity contribution in [2.45, 2.75) is 19.8 Å². The van der Waals surface area contributed by atoms with Gasteiger partial charge in [0.15, 0.2) is 0 Å². The molecular weight excluding hydrogens is 322 g/mol. The van der Waals surface area contributed by atoms with Crippen LogP contribution < -0.4 is 4.74 Å². The summed E-state index contributed by atoms with van der Waals surface area (Å²) in [6.07, 6.45) is 3.54. The maximum Gasteiger partial charge on any atom is 0.216 e. The van der Waals surface area contributed by atoms with Crippen LogP contribution in [0, 0.1) is 6.92 Å². The molecule has 0 atom stereocenters. The van der Waals surface area contributed by atoms with Crippen molar-refractivity contribution < 1.29 is 9.47 Å². The lowest BCUT2D eigenvalue weighted by molar-refractivity contribution is 0.145. The predicted molar refractivity (Wildman–Crippen MR) is 78.6 cm³/mol. The number of hydrogen-bond donors (Lipinski definition) is 0. The van der Waals surface area contributed by atoms with E-state index in [4.69, 9.17) is 9.47 Å². The molecule has 0 radical (unpaired) electrons. The summed E-state index contributed by atoms with van der Waals surface area (Å²) in [5.74, 6) is 0.648. The minimum absolute atomic E-state index is 0.648. The van der Waals surface area contributed by atoms with E-state index in [2.05, 4.69) is 26.0 Å². The second-order valence-electron chi connectivity index (χ2n) is 4.76. The third kappa shape index (κ3) is 2.33. The lowest BCUT2D eigenvalue weighted by Crippen LogP contribution is -2.06. The standard InChI is InChI=1S/C14H16BrN3O2/c1-9-7-10(8-16-14(9)19-2)18-12-4-6-20-5-3-11(12)13(15)17-18/h7-8H,3-6H2,1-2H3. The molecule has 0 aromatic carbocycles. The zero-order chi connectivity index (χ0) is 14.1. The first-order valence-electron chi connectivity index (χ1n) is 6.55. The summed E-state index contributed by atoms with van der Waals surface area (Å²) < 4.78 is 13.6. The molecule has 20 heavy (non-hydrogen) atoms. The van der Waals surface area contributed by atoms with Gasteiger partial charge >= 0.3 is 0 Å². The maximum absolute atomic E-state index is 5.54. The lowest BCUT2D eigenvalue weighted by atomic mass is 10.1. The van der Waals surface area contributed by atoms with Crippen LogP contribution in [-0.4, -0.2) is 35.1 Å². The number of aryl methyl sites for hydroxylation is 1. The van der Waals surface area contributed by atoms with E-state index in [1.54, 1.807) is 13.3 Å². The summed E-state index contributed by atoms with van der Waals surface area (Å²) in [5, 5.41) is 4.60. The monoisotopic (exact) mass is 337 g/mol. The van der Waals surface area contributed by atoms with Crippen molar-refractivity contribution in [2.75, 3.05) is 20.3 Å². The second kappa shape index (κ2) is 5.54. The van der Waals surface area contributed by atoms with E-state index < -0.39 is 0 Å². The highest BCUT2D eigenvalue weighted by Gasteiger charge is 2.20. The molecule has 0 aliphatic carbocycles. The molecule has 0 spiro atoms. The predicted octanol–water partition coefficient (Wildman–Crippen LogP) is 2.46. The van der Waals surface area contributed by atoms with Crippen molar-refractivity contribution in [1.82, 2.24) is 14.8 Å². The molecule has 2 aromatic heterocycles. The minimum Gasteiger partial charge on any atom is -0.481 e. The smallest absolute Gasteiger partial charge is 0.216 e. The summed E-state index contributed by atoms with van der Waals surface area (Å²) in [6.45, 7) is 3.46. The molecule has 0 N–H and O–H groups in total. The van der Waals surface area contributed by atoms with Crippen LogP contribution in [0.2, 0.25) is 0 Å². The highest BCUT2D eigenvalue weighted by Crippen LogP contribution is 2.27. The quantitative estimate of drug-likeness (QED) is 0.844. The normalized spacial score (nSPS) is 14.8. The first-order chi connectivity index (χ1) is 9.70. The zero-order valence-electron chi connectivity index (χ0n) is 11.5. The summed E-state index contributed by atoms with van der Waals surface area (Å²) in [4.78, 5) is 4.33. The molecular formula is C14H16BrN3O2. The van der Waals surface area contributed by atoms with E-state index in [9.17, 15) is 0 Å². The number of methoxy groups -OCH3 is 1. The molecule has 6 heteroatoms. The fraction of sp³-hybridized carbons (Fsp3) is 0.429. The van der Waals surface area contributed by atoms with Crippen LogP contribution in [0.1, 0.15) is 16.8 Å². The summed E-state index contributed by atoms with van der Waals surface area (Å²) in [7, 11) is 1.63. The number of fused-ring (bicyclic) bond motifs is 1. The molecule has 3 rings (SSSR count). The number of rotatable bonds is 2. The number of nitrogens with zero attached hydrogens (tertiary/aromatic N) is 3. The number of hydrogen-bond acceptors (Lipinski definition) is 4. The van der Waals surface area contributed by atoms with Gasteiger partial charge in [0.05, 0.1) is 37.9 Å². The molecule has 0 saturated heterocycles. The van der Waals surface area contributed by atoms with Gasteiger partial charge in [-0.15, -0.1) is 0 Å². The zero-order valence-corrected chi connectivity index (χ0v) is 13.1. The van der Waals surface area contributed by atoms with Crippen LogP contribution >= 0.6 is 15.9 Å². The van der Waals surface area contributed by atoms with Crippen LogP contribution in [0.3, 0.4) is 0 Å². The maximum atomic E-state index is 5.54. The van der Waals surface area contributed by atoms with E-state index in [1.807, 2.05) is 17.7 Å². The van der Waals surface area contributed by atoms with Crippen molar-refractivity contribution in [1.29, 1.82) is 0 Å². The third-order valence-electron chi connectivity index (χ3n) is 3.47. The average molecular weight is 338 g/mol. The summed E-state index contributed by atoms with van der Waals surface area (Å²) >= 11 is 3.55. The van der Waals surface area contributed by atoms with Gasteiger partial charge in [-0.1, -0.05) is 0 Å². The Kier molecular flexibility index (Phi) is 3.76. The molecule has 2 aromatic rings. The van der Waals surface area contributed by atoms with E-state index in [0.29, 0.717) is 5.88 Å². The summed E-state index contributed by atoms with van der Waals surface area (Å²) in [6, 6.07) is 2.04. The van der Waals surface area contributed by atoms with Crippen LogP contribution in [0.25, 0.3) is 5.69 Å². The molecule has 0 bridgehead atoms.